The fraction of sp³-hybridized carbons (Fsp3) is 0.615. The summed E-state index contributed by atoms with van der Waals surface area (Å²) >= 11 is 0. The summed E-state index contributed by atoms with van der Waals surface area (Å²) in [7, 11) is 0. The van der Waals surface area contributed by atoms with Gasteiger partial charge >= 0.3 is 5.97 Å². The van der Waals surface area contributed by atoms with Gasteiger partial charge in [0, 0.05) is 18.8 Å². The largest absolute Gasteiger partial charge is 0.481 e. The standard InChI is InChI=1S/C13H19N3O3/c1-2-19-10-4-7-14-12(16-10)15-9-13(5-3-6-13)8-11(17)18/h4,7H,2-3,5-6,8-9H2,1H3,(H,17,18)(H,14,15,16). The maximum Gasteiger partial charge on any atom is 0.303 e. The first-order chi connectivity index (χ1) is 9.13. The fourth-order valence-corrected chi connectivity index (χ4v) is 2.34. The maximum atomic E-state index is 10.9. The van der Waals surface area contributed by atoms with Crippen LogP contribution in [0.1, 0.15) is 32.6 Å². The average Bonchev–Trinajstić information content (AvgIpc) is 2.33. The quantitative estimate of drug-likeness (QED) is 0.783. The van der Waals surface area contributed by atoms with Crippen molar-refractivity contribution in [3.63, 3.8) is 0 Å². The lowest BCUT2D eigenvalue weighted by atomic mass is 9.66. The van der Waals surface area contributed by atoms with E-state index in [1.54, 1.807) is 12.3 Å². The zero-order valence-corrected chi connectivity index (χ0v) is 11.1. The van der Waals surface area contributed by atoms with Gasteiger partial charge in [-0.15, -0.1) is 0 Å². The van der Waals surface area contributed by atoms with E-state index in [-0.39, 0.29) is 11.8 Å². The van der Waals surface area contributed by atoms with Crippen LogP contribution >= 0.6 is 0 Å². The lowest BCUT2D eigenvalue weighted by Gasteiger charge is -2.40. The first-order valence-corrected chi connectivity index (χ1v) is 6.55. The molecule has 1 aromatic heterocycles. The van der Waals surface area contributed by atoms with Crippen LogP contribution in [0.15, 0.2) is 12.3 Å². The summed E-state index contributed by atoms with van der Waals surface area (Å²) in [5, 5.41) is 12.1. The predicted octanol–water partition coefficient (Wildman–Crippen LogP) is 1.93. The highest BCUT2D eigenvalue weighted by Crippen LogP contribution is 2.43. The Morgan fingerprint density at radius 1 is 1.58 bits per heavy atom. The minimum atomic E-state index is -0.745. The van der Waals surface area contributed by atoms with Crippen LogP contribution < -0.4 is 10.1 Å². The van der Waals surface area contributed by atoms with E-state index in [9.17, 15) is 4.79 Å². The number of ether oxygens (including phenoxy) is 1. The van der Waals surface area contributed by atoms with Crippen LogP contribution in [0.5, 0.6) is 5.88 Å². The van der Waals surface area contributed by atoms with E-state index in [4.69, 9.17) is 9.84 Å². The molecule has 19 heavy (non-hydrogen) atoms. The highest BCUT2D eigenvalue weighted by atomic mass is 16.5. The van der Waals surface area contributed by atoms with Gasteiger partial charge in [-0.1, -0.05) is 6.42 Å². The molecule has 6 heteroatoms. The number of nitrogens with one attached hydrogen (secondary N) is 1. The molecule has 1 fully saturated rings. The smallest absolute Gasteiger partial charge is 0.303 e. The summed E-state index contributed by atoms with van der Waals surface area (Å²) in [6.45, 7) is 3.04. The SMILES string of the molecule is CCOc1ccnc(NCC2(CC(=O)O)CCC2)n1. The van der Waals surface area contributed by atoms with Crippen molar-refractivity contribution in [1.29, 1.82) is 0 Å². The second-order valence-electron chi connectivity index (χ2n) is 4.93. The Bertz CT molecular complexity index is 447. The van der Waals surface area contributed by atoms with Gasteiger partial charge in [-0.25, -0.2) is 4.98 Å². The summed E-state index contributed by atoms with van der Waals surface area (Å²) in [5.41, 5.74) is -0.142. The fourth-order valence-electron chi connectivity index (χ4n) is 2.34. The Hall–Kier alpha value is -1.85. The highest BCUT2D eigenvalue weighted by Gasteiger charge is 2.38. The van der Waals surface area contributed by atoms with Crippen molar-refractivity contribution in [3.05, 3.63) is 12.3 Å². The van der Waals surface area contributed by atoms with Gasteiger partial charge in [-0.05, 0) is 25.2 Å². The second-order valence-corrected chi connectivity index (χ2v) is 4.93. The van der Waals surface area contributed by atoms with Crippen molar-refractivity contribution in [1.82, 2.24) is 9.97 Å². The summed E-state index contributed by atoms with van der Waals surface area (Å²) in [4.78, 5) is 19.2. The Labute approximate surface area is 112 Å². The molecule has 1 aliphatic carbocycles. The summed E-state index contributed by atoms with van der Waals surface area (Å²) in [5.74, 6) is 0.272. The summed E-state index contributed by atoms with van der Waals surface area (Å²) in [6, 6.07) is 1.70. The molecule has 1 aromatic rings. The van der Waals surface area contributed by atoms with Crippen LogP contribution in [0.3, 0.4) is 0 Å². The monoisotopic (exact) mass is 265 g/mol. The number of hydrogen-bond donors (Lipinski definition) is 2. The molecule has 0 radical (unpaired) electrons. The number of anilines is 1. The van der Waals surface area contributed by atoms with Crippen LogP contribution in [-0.2, 0) is 4.79 Å². The van der Waals surface area contributed by atoms with Crippen molar-refractivity contribution in [2.24, 2.45) is 5.41 Å². The normalized spacial score (nSPS) is 16.5. The van der Waals surface area contributed by atoms with Gasteiger partial charge < -0.3 is 15.2 Å². The zero-order valence-electron chi connectivity index (χ0n) is 11.1. The number of aliphatic carboxylic acids is 1. The topological polar surface area (TPSA) is 84.3 Å². The molecule has 0 amide bonds. The van der Waals surface area contributed by atoms with Crippen molar-refractivity contribution >= 4 is 11.9 Å². The first kappa shape index (κ1) is 13.6. The molecule has 0 aromatic carbocycles. The van der Waals surface area contributed by atoms with Gasteiger partial charge in [-0.2, -0.15) is 4.98 Å². The van der Waals surface area contributed by atoms with Gasteiger partial charge in [0.15, 0.2) is 0 Å². The molecule has 0 aliphatic heterocycles. The first-order valence-electron chi connectivity index (χ1n) is 6.55. The van der Waals surface area contributed by atoms with Gasteiger partial charge in [-0.3, -0.25) is 4.79 Å². The lowest BCUT2D eigenvalue weighted by Crippen LogP contribution is -2.38. The van der Waals surface area contributed by atoms with E-state index < -0.39 is 5.97 Å². The Balaban J connectivity index is 1.93. The van der Waals surface area contributed by atoms with Crippen molar-refractivity contribution in [2.45, 2.75) is 32.6 Å². The minimum absolute atomic E-state index is 0.142. The van der Waals surface area contributed by atoms with Crippen LogP contribution in [-0.4, -0.2) is 34.2 Å². The number of carbonyl (C=O) groups is 1. The summed E-state index contributed by atoms with van der Waals surface area (Å²) < 4.78 is 5.30. The Morgan fingerprint density at radius 2 is 2.37 bits per heavy atom. The van der Waals surface area contributed by atoms with E-state index in [2.05, 4.69) is 15.3 Å². The van der Waals surface area contributed by atoms with Gasteiger partial charge in [0.1, 0.15) is 0 Å². The third-order valence-corrected chi connectivity index (χ3v) is 3.48. The Kier molecular flexibility index (Phi) is 4.19. The average molecular weight is 265 g/mol. The molecule has 0 spiro atoms. The van der Waals surface area contributed by atoms with Crippen molar-refractivity contribution in [2.75, 3.05) is 18.5 Å². The van der Waals surface area contributed by atoms with E-state index in [1.807, 2.05) is 6.92 Å². The molecule has 2 N–H and O–H groups in total. The lowest BCUT2D eigenvalue weighted by molar-refractivity contribution is -0.141. The molecular formula is C13H19N3O3. The number of carboxylic acid groups (broad SMARTS) is 1. The molecule has 0 unspecified atom stereocenters. The molecule has 0 saturated heterocycles. The molecular weight excluding hydrogens is 246 g/mol. The highest BCUT2D eigenvalue weighted by molar-refractivity contribution is 5.68. The van der Waals surface area contributed by atoms with E-state index in [0.717, 1.165) is 19.3 Å². The number of nitrogens with zero attached hydrogens (tertiary/aromatic N) is 2. The predicted molar refractivity (Wildman–Crippen MR) is 70.2 cm³/mol. The van der Waals surface area contributed by atoms with Crippen LogP contribution in [0, 0.1) is 5.41 Å². The number of rotatable bonds is 7. The van der Waals surface area contributed by atoms with Gasteiger partial charge in [0.05, 0.1) is 13.0 Å². The van der Waals surface area contributed by atoms with E-state index in [0.29, 0.717) is 25.0 Å². The van der Waals surface area contributed by atoms with Crippen LogP contribution in [0.2, 0.25) is 0 Å². The maximum absolute atomic E-state index is 10.9. The molecule has 1 aliphatic rings. The Morgan fingerprint density at radius 3 is 2.95 bits per heavy atom. The second kappa shape index (κ2) is 5.86. The molecule has 104 valence electrons. The number of hydrogen-bond acceptors (Lipinski definition) is 5. The minimum Gasteiger partial charge on any atom is -0.481 e. The molecule has 0 atom stereocenters. The van der Waals surface area contributed by atoms with Crippen molar-refractivity contribution < 1.29 is 14.6 Å². The van der Waals surface area contributed by atoms with Crippen LogP contribution in [0.25, 0.3) is 0 Å². The van der Waals surface area contributed by atoms with E-state index in [1.165, 1.54) is 0 Å². The molecule has 0 bridgehead atoms. The number of carboxylic acids is 1. The zero-order chi connectivity index (χ0) is 13.7. The van der Waals surface area contributed by atoms with E-state index >= 15 is 0 Å². The van der Waals surface area contributed by atoms with Crippen molar-refractivity contribution in [3.8, 4) is 5.88 Å². The van der Waals surface area contributed by atoms with Gasteiger partial charge in [0.25, 0.3) is 0 Å². The molecule has 1 heterocycles. The molecule has 6 nitrogen and oxygen atoms in total. The number of aromatic nitrogens is 2. The third-order valence-electron chi connectivity index (χ3n) is 3.48. The van der Waals surface area contributed by atoms with Gasteiger partial charge in [0.2, 0.25) is 11.8 Å². The van der Waals surface area contributed by atoms with Crippen LogP contribution in [0.4, 0.5) is 5.95 Å². The summed E-state index contributed by atoms with van der Waals surface area (Å²) in [6.07, 6.45) is 4.81. The molecule has 1 saturated carbocycles. The third kappa shape index (κ3) is 3.56. The molecule has 2 rings (SSSR count).